The summed E-state index contributed by atoms with van der Waals surface area (Å²) in [5, 5.41) is 0. The molecule has 0 saturated carbocycles. The Kier molecular flexibility index (Phi) is 9.64. The van der Waals surface area contributed by atoms with Gasteiger partial charge in [0, 0.05) is 38.8 Å². The van der Waals surface area contributed by atoms with Crippen LogP contribution < -0.4 is 5.73 Å². The molecule has 0 aromatic rings. The molecule has 1 unspecified atom stereocenters. The SMILES string of the molecule is CC(N)CN1CCN(CC(F)(F)F)CC1.Cl.Cl. The van der Waals surface area contributed by atoms with Crippen molar-refractivity contribution in [1.29, 1.82) is 0 Å². The molecule has 1 saturated heterocycles. The highest BCUT2D eigenvalue weighted by molar-refractivity contribution is 5.85. The number of piperazine rings is 1. The molecule has 0 spiro atoms. The van der Waals surface area contributed by atoms with Gasteiger partial charge in [-0.05, 0) is 6.92 Å². The second kappa shape index (κ2) is 8.37. The van der Waals surface area contributed by atoms with E-state index in [2.05, 4.69) is 4.90 Å². The topological polar surface area (TPSA) is 32.5 Å². The fourth-order valence-electron chi connectivity index (χ4n) is 1.79. The van der Waals surface area contributed by atoms with Gasteiger partial charge in [-0.15, -0.1) is 24.8 Å². The maximum Gasteiger partial charge on any atom is 0.401 e. The number of hydrogen-bond acceptors (Lipinski definition) is 3. The summed E-state index contributed by atoms with van der Waals surface area (Å²) in [4.78, 5) is 3.55. The molecule has 1 atom stereocenters. The van der Waals surface area contributed by atoms with E-state index in [4.69, 9.17) is 5.73 Å². The Balaban J connectivity index is 0. The minimum absolute atomic E-state index is 0. The van der Waals surface area contributed by atoms with Crippen LogP contribution in [0.2, 0.25) is 0 Å². The van der Waals surface area contributed by atoms with Gasteiger partial charge in [-0.3, -0.25) is 9.80 Å². The smallest absolute Gasteiger partial charge is 0.327 e. The lowest BCUT2D eigenvalue weighted by Gasteiger charge is -2.35. The Hall–Kier alpha value is 0.250. The summed E-state index contributed by atoms with van der Waals surface area (Å²) in [6, 6.07) is 0.0826. The molecular weight excluding hydrogens is 278 g/mol. The summed E-state index contributed by atoms with van der Waals surface area (Å²) < 4.78 is 36.2. The Morgan fingerprint density at radius 1 is 1.06 bits per heavy atom. The van der Waals surface area contributed by atoms with E-state index in [9.17, 15) is 13.2 Å². The largest absolute Gasteiger partial charge is 0.401 e. The molecule has 8 heteroatoms. The normalized spacial score (nSPS) is 20.3. The van der Waals surface area contributed by atoms with Gasteiger partial charge in [0.25, 0.3) is 0 Å². The van der Waals surface area contributed by atoms with Gasteiger partial charge in [0.05, 0.1) is 6.54 Å². The Morgan fingerprint density at radius 2 is 1.47 bits per heavy atom. The molecule has 1 rings (SSSR count). The highest BCUT2D eigenvalue weighted by atomic mass is 35.5. The molecule has 1 heterocycles. The molecule has 0 radical (unpaired) electrons. The number of nitrogens with zero attached hydrogens (tertiary/aromatic N) is 2. The maximum atomic E-state index is 12.1. The van der Waals surface area contributed by atoms with E-state index in [1.165, 1.54) is 4.90 Å². The number of halogens is 5. The third-order valence-corrected chi connectivity index (χ3v) is 2.41. The van der Waals surface area contributed by atoms with Crippen LogP contribution in [0.15, 0.2) is 0 Å². The van der Waals surface area contributed by atoms with Crippen LogP contribution in [0, 0.1) is 0 Å². The first kappa shape index (κ1) is 19.6. The zero-order chi connectivity index (χ0) is 11.5. The summed E-state index contributed by atoms with van der Waals surface area (Å²) >= 11 is 0. The van der Waals surface area contributed by atoms with Crippen molar-refractivity contribution in [1.82, 2.24) is 9.80 Å². The van der Waals surface area contributed by atoms with Gasteiger partial charge in [0.1, 0.15) is 0 Å². The predicted octanol–water partition coefficient (Wildman–Crippen LogP) is 1.36. The molecule has 17 heavy (non-hydrogen) atoms. The first-order valence-corrected chi connectivity index (χ1v) is 5.14. The van der Waals surface area contributed by atoms with Crippen LogP contribution in [0.1, 0.15) is 6.92 Å². The van der Waals surface area contributed by atoms with Crippen LogP contribution >= 0.6 is 24.8 Å². The molecule has 0 aromatic carbocycles. The summed E-state index contributed by atoms with van der Waals surface area (Å²) in [5.74, 6) is 0. The van der Waals surface area contributed by atoms with Crippen molar-refractivity contribution < 1.29 is 13.2 Å². The molecule has 0 aromatic heterocycles. The number of hydrogen-bond donors (Lipinski definition) is 1. The molecule has 2 N–H and O–H groups in total. The van der Waals surface area contributed by atoms with E-state index in [1.54, 1.807) is 0 Å². The number of nitrogens with two attached hydrogens (primary N) is 1. The lowest BCUT2D eigenvalue weighted by molar-refractivity contribution is -0.149. The second-order valence-corrected chi connectivity index (χ2v) is 4.17. The third kappa shape index (κ3) is 8.90. The molecule has 1 aliphatic heterocycles. The zero-order valence-electron chi connectivity index (χ0n) is 9.74. The van der Waals surface area contributed by atoms with Crippen LogP contribution in [0.3, 0.4) is 0 Å². The molecule has 1 fully saturated rings. The van der Waals surface area contributed by atoms with Gasteiger partial charge in [0.2, 0.25) is 0 Å². The molecule has 0 bridgehead atoms. The quantitative estimate of drug-likeness (QED) is 0.854. The molecular formula is C9H20Cl2F3N3. The first-order valence-electron chi connectivity index (χ1n) is 5.14. The van der Waals surface area contributed by atoms with E-state index in [0.29, 0.717) is 26.2 Å². The van der Waals surface area contributed by atoms with Crippen molar-refractivity contribution in [2.75, 3.05) is 39.3 Å². The van der Waals surface area contributed by atoms with Crippen LogP contribution in [0.4, 0.5) is 13.2 Å². The van der Waals surface area contributed by atoms with Gasteiger partial charge in [0.15, 0.2) is 0 Å². The third-order valence-electron chi connectivity index (χ3n) is 2.41. The minimum atomic E-state index is -4.08. The standard InChI is InChI=1S/C9H18F3N3.2ClH/c1-8(13)6-14-2-4-15(5-3-14)7-9(10,11)12;;/h8H,2-7,13H2,1H3;2*1H. The number of rotatable bonds is 3. The Bertz CT molecular complexity index is 194. The predicted molar refractivity (Wildman–Crippen MR) is 67.1 cm³/mol. The van der Waals surface area contributed by atoms with Crippen LogP contribution in [0.5, 0.6) is 0 Å². The van der Waals surface area contributed by atoms with E-state index in [-0.39, 0.29) is 30.9 Å². The molecule has 0 aliphatic carbocycles. The van der Waals surface area contributed by atoms with E-state index < -0.39 is 12.7 Å². The van der Waals surface area contributed by atoms with Crippen molar-refractivity contribution in [3.8, 4) is 0 Å². The van der Waals surface area contributed by atoms with Crippen molar-refractivity contribution in [3.05, 3.63) is 0 Å². The van der Waals surface area contributed by atoms with Gasteiger partial charge in [-0.1, -0.05) is 0 Å². The van der Waals surface area contributed by atoms with E-state index >= 15 is 0 Å². The first-order chi connectivity index (χ1) is 6.87. The molecule has 1 aliphatic rings. The number of alkyl halides is 3. The van der Waals surface area contributed by atoms with E-state index in [1.807, 2.05) is 6.92 Å². The lowest BCUT2D eigenvalue weighted by atomic mass is 10.2. The van der Waals surface area contributed by atoms with Crippen molar-refractivity contribution in [2.45, 2.75) is 19.1 Å². The molecule has 3 nitrogen and oxygen atoms in total. The summed E-state index contributed by atoms with van der Waals surface area (Å²) in [6.45, 7) is 4.19. The van der Waals surface area contributed by atoms with Gasteiger partial charge in [-0.2, -0.15) is 13.2 Å². The molecule has 0 amide bonds. The van der Waals surface area contributed by atoms with Gasteiger partial charge >= 0.3 is 6.18 Å². The highest BCUT2D eigenvalue weighted by Crippen LogP contribution is 2.17. The highest BCUT2D eigenvalue weighted by Gasteiger charge is 2.32. The van der Waals surface area contributed by atoms with Crippen molar-refractivity contribution >= 4 is 24.8 Å². The molecule has 106 valence electrons. The van der Waals surface area contributed by atoms with Crippen molar-refractivity contribution in [3.63, 3.8) is 0 Å². The second-order valence-electron chi connectivity index (χ2n) is 4.17. The minimum Gasteiger partial charge on any atom is -0.327 e. The Morgan fingerprint density at radius 3 is 1.82 bits per heavy atom. The maximum absolute atomic E-state index is 12.1. The average Bonchev–Trinajstić information content (AvgIpc) is 2.05. The van der Waals surface area contributed by atoms with Crippen LogP contribution in [-0.2, 0) is 0 Å². The summed E-state index contributed by atoms with van der Waals surface area (Å²) in [7, 11) is 0. The Labute approximate surface area is 112 Å². The van der Waals surface area contributed by atoms with Crippen LogP contribution in [-0.4, -0.2) is 61.3 Å². The fourth-order valence-corrected chi connectivity index (χ4v) is 1.79. The summed E-state index contributed by atoms with van der Waals surface area (Å²) in [6.07, 6.45) is -4.08. The lowest BCUT2D eigenvalue weighted by Crippen LogP contribution is -2.51. The fraction of sp³-hybridized carbons (Fsp3) is 1.00. The monoisotopic (exact) mass is 297 g/mol. The van der Waals surface area contributed by atoms with E-state index in [0.717, 1.165) is 6.54 Å². The van der Waals surface area contributed by atoms with Crippen LogP contribution in [0.25, 0.3) is 0 Å². The average molecular weight is 298 g/mol. The summed E-state index contributed by atoms with van der Waals surface area (Å²) in [5.41, 5.74) is 5.62. The van der Waals surface area contributed by atoms with Gasteiger partial charge < -0.3 is 5.73 Å². The van der Waals surface area contributed by atoms with Crippen molar-refractivity contribution in [2.24, 2.45) is 5.73 Å². The van der Waals surface area contributed by atoms with Gasteiger partial charge in [-0.25, -0.2) is 0 Å². The zero-order valence-corrected chi connectivity index (χ0v) is 11.4.